The van der Waals surface area contributed by atoms with Gasteiger partial charge in [-0.3, -0.25) is 9.59 Å². The maximum Gasteiger partial charge on any atom is 0.409 e. The lowest BCUT2D eigenvalue weighted by Crippen LogP contribution is -2.51. The molecule has 1 aromatic carbocycles. The quantitative estimate of drug-likeness (QED) is 0.849. The molecule has 0 bridgehead atoms. The zero-order valence-electron chi connectivity index (χ0n) is 14.3. The predicted molar refractivity (Wildman–Crippen MR) is 93.5 cm³/mol. The summed E-state index contributed by atoms with van der Waals surface area (Å²) in [6.07, 6.45) is 0.933. The van der Waals surface area contributed by atoms with E-state index in [1.54, 1.807) is 36.1 Å². The Morgan fingerprint density at radius 2 is 1.88 bits per heavy atom. The van der Waals surface area contributed by atoms with E-state index in [1.807, 2.05) is 0 Å². The molecule has 1 heterocycles. The largest absolute Gasteiger partial charge is 0.453 e. The number of amides is 3. The number of likely N-dealkylation sites (tertiary alicyclic amines) is 1. The van der Waals surface area contributed by atoms with Gasteiger partial charge in [-0.1, -0.05) is 23.7 Å². The van der Waals surface area contributed by atoms with Crippen LogP contribution in [-0.2, 0) is 9.53 Å². The maximum absolute atomic E-state index is 12.3. The van der Waals surface area contributed by atoms with Crippen molar-refractivity contribution in [1.29, 1.82) is 0 Å². The number of methoxy groups -OCH3 is 1. The second kappa shape index (κ2) is 8.71. The van der Waals surface area contributed by atoms with Crippen molar-refractivity contribution >= 4 is 29.5 Å². The lowest BCUT2D eigenvalue weighted by molar-refractivity contribution is -0.123. The number of halogens is 1. The average Bonchev–Trinajstić information content (AvgIpc) is 2.61. The molecule has 1 saturated heterocycles. The highest BCUT2D eigenvalue weighted by Gasteiger charge is 2.26. The van der Waals surface area contributed by atoms with E-state index in [2.05, 4.69) is 15.4 Å². The summed E-state index contributed by atoms with van der Waals surface area (Å²) in [5.41, 5.74) is 0.329. The van der Waals surface area contributed by atoms with Crippen molar-refractivity contribution in [3.8, 4) is 0 Å². The van der Waals surface area contributed by atoms with Gasteiger partial charge in [0.2, 0.25) is 5.91 Å². The van der Waals surface area contributed by atoms with Gasteiger partial charge in [-0.25, -0.2) is 4.79 Å². The predicted octanol–water partition coefficient (Wildman–Crippen LogP) is 1.81. The number of nitrogens with one attached hydrogen (secondary N) is 2. The molecule has 0 spiro atoms. The SMILES string of the molecule is COC(=O)N1CCC(NC(=O)C(C)NC(=O)c2ccccc2Cl)CC1. The van der Waals surface area contributed by atoms with Crippen LogP contribution in [0.2, 0.25) is 5.02 Å². The second-order valence-corrected chi connectivity index (χ2v) is 6.32. The number of benzene rings is 1. The Balaban J connectivity index is 1.82. The van der Waals surface area contributed by atoms with Gasteiger partial charge in [-0.2, -0.15) is 0 Å². The van der Waals surface area contributed by atoms with Crippen molar-refractivity contribution in [2.24, 2.45) is 0 Å². The Labute approximate surface area is 151 Å². The normalized spacial score (nSPS) is 16.0. The number of nitrogens with zero attached hydrogens (tertiary/aromatic N) is 1. The standard InChI is InChI=1S/C17H22ClN3O4/c1-11(19-16(23)13-5-3-4-6-14(13)18)15(22)20-12-7-9-21(10-8-12)17(24)25-2/h3-6,11-12H,7-10H2,1-2H3,(H,19,23)(H,20,22). The third kappa shape index (κ3) is 5.09. The molecule has 1 aromatic rings. The summed E-state index contributed by atoms with van der Waals surface area (Å²) in [6, 6.07) is 5.94. The fourth-order valence-electron chi connectivity index (χ4n) is 2.65. The van der Waals surface area contributed by atoms with Crippen molar-refractivity contribution in [2.45, 2.75) is 31.8 Å². The van der Waals surface area contributed by atoms with E-state index in [9.17, 15) is 14.4 Å². The summed E-state index contributed by atoms with van der Waals surface area (Å²) in [5, 5.41) is 5.88. The van der Waals surface area contributed by atoms with E-state index >= 15 is 0 Å². The molecule has 0 radical (unpaired) electrons. The summed E-state index contributed by atoms with van der Waals surface area (Å²) in [6.45, 7) is 2.67. The molecule has 0 saturated carbocycles. The van der Waals surface area contributed by atoms with Gasteiger partial charge in [0, 0.05) is 19.1 Å². The Morgan fingerprint density at radius 1 is 1.24 bits per heavy atom. The molecule has 25 heavy (non-hydrogen) atoms. The van der Waals surface area contributed by atoms with Crippen LogP contribution in [0, 0.1) is 0 Å². The van der Waals surface area contributed by atoms with Crippen molar-refractivity contribution in [1.82, 2.24) is 15.5 Å². The molecule has 1 unspecified atom stereocenters. The van der Waals surface area contributed by atoms with Crippen molar-refractivity contribution in [3.63, 3.8) is 0 Å². The molecular formula is C17H22ClN3O4. The van der Waals surface area contributed by atoms with Crippen LogP contribution in [-0.4, -0.2) is 55.1 Å². The number of carbonyl (C=O) groups is 3. The minimum absolute atomic E-state index is 0.0342. The fourth-order valence-corrected chi connectivity index (χ4v) is 2.87. The van der Waals surface area contributed by atoms with E-state index in [0.717, 1.165) is 0 Å². The summed E-state index contributed by atoms with van der Waals surface area (Å²) in [7, 11) is 1.35. The second-order valence-electron chi connectivity index (χ2n) is 5.91. The number of piperidine rings is 1. The fraction of sp³-hybridized carbons (Fsp3) is 0.471. The van der Waals surface area contributed by atoms with E-state index in [-0.39, 0.29) is 18.0 Å². The van der Waals surface area contributed by atoms with Crippen LogP contribution in [0.25, 0.3) is 0 Å². The summed E-state index contributed by atoms with van der Waals surface area (Å²) in [4.78, 5) is 37.5. The van der Waals surface area contributed by atoms with E-state index in [1.165, 1.54) is 7.11 Å². The molecule has 1 aliphatic rings. The Morgan fingerprint density at radius 3 is 2.48 bits per heavy atom. The third-order valence-corrected chi connectivity index (χ3v) is 4.46. The molecule has 2 N–H and O–H groups in total. The van der Waals surface area contributed by atoms with Gasteiger partial charge in [0.1, 0.15) is 6.04 Å². The molecule has 1 atom stereocenters. The Kier molecular flexibility index (Phi) is 6.64. The molecule has 3 amide bonds. The molecule has 1 aliphatic heterocycles. The first-order chi connectivity index (χ1) is 11.9. The monoisotopic (exact) mass is 367 g/mol. The molecule has 8 heteroatoms. The van der Waals surface area contributed by atoms with Crippen LogP contribution < -0.4 is 10.6 Å². The molecule has 7 nitrogen and oxygen atoms in total. The zero-order valence-corrected chi connectivity index (χ0v) is 15.0. The van der Waals surface area contributed by atoms with Crippen molar-refractivity contribution < 1.29 is 19.1 Å². The lowest BCUT2D eigenvalue weighted by atomic mass is 10.0. The number of hydrogen-bond donors (Lipinski definition) is 2. The van der Waals surface area contributed by atoms with Gasteiger partial charge in [0.25, 0.3) is 5.91 Å². The molecule has 0 aromatic heterocycles. The smallest absolute Gasteiger partial charge is 0.409 e. The Hall–Kier alpha value is -2.28. The highest BCUT2D eigenvalue weighted by molar-refractivity contribution is 6.33. The van der Waals surface area contributed by atoms with Gasteiger partial charge in [-0.05, 0) is 31.9 Å². The van der Waals surface area contributed by atoms with Crippen molar-refractivity contribution in [3.05, 3.63) is 34.9 Å². The number of ether oxygens (including phenoxy) is 1. The number of rotatable bonds is 4. The summed E-state index contributed by atoms with van der Waals surface area (Å²) < 4.78 is 4.68. The minimum Gasteiger partial charge on any atom is -0.453 e. The van der Waals surface area contributed by atoms with E-state index < -0.39 is 11.9 Å². The zero-order chi connectivity index (χ0) is 18.4. The van der Waals surface area contributed by atoms with Gasteiger partial charge in [-0.15, -0.1) is 0 Å². The van der Waals surface area contributed by atoms with Crippen LogP contribution >= 0.6 is 11.6 Å². The first kappa shape index (κ1) is 19.1. The van der Waals surface area contributed by atoms with Crippen LogP contribution in [0.4, 0.5) is 4.79 Å². The third-order valence-electron chi connectivity index (χ3n) is 4.13. The molecule has 136 valence electrons. The minimum atomic E-state index is -0.692. The summed E-state index contributed by atoms with van der Waals surface area (Å²) in [5.74, 6) is -0.661. The van der Waals surface area contributed by atoms with Crippen LogP contribution in [0.15, 0.2) is 24.3 Å². The van der Waals surface area contributed by atoms with E-state index in [0.29, 0.717) is 36.5 Å². The molecule has 2 rings (SSSR count). The highest BCUT2D eigenvalue weighted by Crippen LogP contribution is 2.15. The van der Waals surface area contributed by atoms with Gasteiger partial charge in [0.15, 0.2) is 0 Å². The molecule has 1 fully saturated rings. The van der Waals surface area contributed by atoms with Crippen LogP contribution in [0.5, 0.6) is 0 Å². The maximum atomic E-state index is 12.3. The van der Waals surface area contributed by atoms with Gasteiger partial charge >= 0.3 is 6.09 Å². The number of hydrogen-bond acceptors (Lipinski definition) is 4. The highest BCUT2D eigenvalue weighted by atomic mass is 35.5. The average molecular weight is 368 g/mol. The Bertz CT molecular complexity index is 645. The van der Waals surface area contributed by atoms with Crippen molar-refractivity contribution in [2.75, 3.05) is 20.2 Å². The lowest BCUT2D eigenvalue weighted by Gasteiger charge is -2.31. The first-order valence-electron chi connectivity index (χ1n) is 8.11. The topological polar surface area (TPSA) is 87.7 Å². The number of carbonyl (C=O) groups excluding carboxylic acids is 3. The summed E-state index contributed by atoms with van der Waals surface area (Å²) >= 11 is 5.99. The van der Waals surface area contributed by atoms with Crippen LogP contribution in [0.1, 0.15) is 30.1 Å². The van der Waals surface area contributed by atoms with E-state index in [4.69, 9.17) is 11.6 Å². The van der Waals surface area contributed by atoms with Gasteiger partial charge < -0.3 is 20.3 Å². The first-order valence-corrected chi connectivity index (χ1v) is 8.48. The molecular weight excluding hydrogens is 346 g/mol. The van der Waals surface area contributed by atoms with Crippen LogP contribution in [0.3, 0.4) is 0 Å². The van der Waals surface area contributed by atoms with Gasteiger partial charge in [0.05, 0.1) is 17.7 Å². The molecule has 0 aliphatic carbocycles.